The molecule has 0 aliphatic carbocycles. The van der Waals surface area contributed by atoms with Gasteiger partial charge in [-0.1, -0.05) is 40.2 Å². The SMILES string of the molecule is COc1ccc(-c2[nH]c3ccccc3c2CCNS(=O)(=O)c2cccc(Br)c2)cc1. The molecule has 0 fully saturated rings. The lowest BCUT2D eigenvalue weighted by molar-refractivity contribution is 0.415. The molecule has 0 spiro atoms. The number of fused-ring (bicyclic) bond motifs is 1. The maximum atomic E-state index is 12.6. The molecule has 0 unspecified atom stereocenters. The number of hydrogen-bond acceptors (Lipinski definition) is 3. The lowest BCUT2D eigenvalue weighted by Gasteiger charge is -2.09. The van der Waals surface area contributed by atoms with E-state index >= 15 is 0 Å². The number of benzene rings is 3. The predicted molar refractivity (Wildman–Crippen MR) is 123 cm³/mol. The monoisotopic (exact) mass is 484 g/mol. The third-order valence-electron chi connectivity index (χ3n) is 4.97. The first-order valence-corrected chi connectivity index (χ1v) is 11.7. The van der Waals surface area contributed by atoms with Crippen LogP contribution < -0.4 is 9.46 Å². The quantitative estimate of drug-likeness (QED) is 0.382. The summed E-state index contributed by atoms with van der Waals surface area (Å²) in [6.45, 7) is 0.292. The van der Waals surface area contributed by atoms with Gasteiger partial charge in [-0.25, -0.2) is 13.1 Å². The molecule has 30 heavy (non-hydrogen) atoms. The Labute approximate surface area is 184 Å². The van der Waals surface area contributed by atoms with Gasteiger partial charge in [0.05, 0.1) is 12.0 Å². The summed E-state index contributed by atoms with van der Waals surface area (Å²) in [5, 5.41) is 1.09. The van der Waals surface area contributed by atoms with Crippen molar-refractivity contribution < 1.29 is 13.2 Å². The van der Waals surface area contributed by atoms with E-state index in [0.29, 0.717) is 13.0 Å². The van der Waals surface area contributed by atoms with E-state index in [2.05, 4.69) is 31.7 Å². The highest BCUT2D eigenvalue weighted by molar-refractivity contribution is 9.10. The van der Waals surface area contributed by atoms with Gasteiger partial charge in [-0.05, 0) is 66.1 Å². The molecule has 5 nitrogen and oxygen atoms in total. The van der Waals surface area contributed by atoms with Crippen molar-refractivity contribution in [1.29, 1.82) is 0 Å². The number of halogens is 1. The van der Waals surface area contributed by atoms with Gasteiger partial charge in [0.1, 0.15) is 5.75 Å². The standard InChI is InChI=1S/C23H21BrN2O3S/c1-29-18-11-9-16(10-12-18)23-21(20-7-2-3-8-22(20)26-23)13-14-25-30(27,28)19-6-4-5-17(24)15-19/h2-12,15,25-26H,13-14H2,1H3. The summed E-state index contributed by atoms with van der Waals surface area (Å²) < 4.78 is 34.0. The third kappa shape index (κ3) is 4.28. The van der Waals surface area contributed by atoms with Crippen LogP contribution in [0.4, 0.5) is 0 Å². The van der Waals surface area contributed by atoms with Crippen molar-refractivity contribution in [3.63, 3.8) is 0 Å². The number of rotatable bonds is 7. The van der Waals surface area contributed by atoms with E-state index < -0.39 is 10.0 Å². The van der Waals surface area contributed by atoms with Crippen LogP contribution in [0.1, 0.15) is 5.56 Å². The van der Waals surface area contributed by atoms with Crippen molar-refractivity contribution >= 4 is 36.9 Å². The zero-order valence-corrected chi connectivity index (χ0v) is 18.8. The molecule has 3 aromatic carbocycles. The molecule has 0 aliphatic rings. The van der Waals surface area contributed by atoms with E-state index in [4.69, 9.17) is 4.74 Å². The van der Waals surface area contributed by atoms with Crippen LogP contribution in [0.3, 0.4) is 0 Å². The molecule has 0 radical (unpaired) electrons. The molecule has 2 N–H and O–H groups in total. The van der Waals surface area contributed by atoms with Gasteiger partial charge in [0.15, 0.2) is 0 Å². The Morgan fingerprint density at radius 2 is 1.77 bits per heavy atom. The summed E-state index contributed by atoms with van der Waals surface area (Å²) in [4.78, 5) is 3.72. The van der Waals surface area contributed by atoms with Crippen molar-refractivity contribution in [2.24, 2.45) is 0 Å². The van der Waals surface area contributed by atoms with Gasteiger partial charge in [-0.2, -0.15) is 0 Å². The normalized spacial score (nSPS) is 11.7. The largest absolute Gasteiger partial charge is 0.497 e. The van der Waals surface area contributed by atoms with Gasteiger partial charge in [0.25, 0.3) is 0 Å². The summed E-state index contributed by atoms with van der Waals surface area (Å²) in [7, 11) is -1.94. The number of ether oxygens (including phenoxy) is 1. The molecular formula is C23H21BrN2O3S. The van der Waals surface area contributed by atoms with Crippen molar-refractivity contribution in [3.8, 4) is 17.0 Å². The molecule has 0 saturated heterocycles. The number of aromatic amines is 1. The second-order valence-corrected chi connectivity index (χ2v) is 9.54. The van der Waals surface area contributed by atoms with Crippen molar-refractivity contribution in [1.82, 2.24) is 9.71 Å². The fourth-order valence-corrected chi connectivity index (χ4v) is 5.12. The highest BCUT2D eigenvalue weighted by atomic mass is 79.9. The van der Waals surface area contributed by atoms with Crippen LogP contribution >= 0.6 is 15.9 Å². The third-order valence-corrected chi connectivity index (χ3v) is 6.92. The fraction of sp³-hybridized carbons (Fsp3) is 0.130. The summed E-state index contributed by atoms with van der Waals surface area (Å²) >= 11 is 3.32. The molecule has 154 valence electrons. The van der Waals surface area contributed by atoms with E-state index in [9.17, 15) is 8.42 Å². The van der Waals surface area contributed by atoms with Gasteiger partial charge >= 0.3 is 0 Å². The Morgan fingerprint density at radius 1 is 1.00 bits per heavy atom. The number of H-pyrrole nitrogens is 1. The molecule has 1 aromatic heterocycles. The van der Waals surface area contributed by atoms with Gasteiger partial charge in [0, 0.05) is 27.6 Å². The van der Waals surface area contributed by atoms with Crippen LogP contribution in [0.5, 0.6) is 5.75 Å². The van der Waals surface area contributed by atoms with Crippen LogP contribution in [-0.4, -0.2) is 27.1 Å². The highest BCUT2D eigenvalue weighted by Gasteiger charge is 2.17. The molecule has 4 rings (SSSR count). The van der Waals surface area contributed by atoms with E-state index in [-0.39, 0.29) is 4.90 Å². The lowest BCUT2D eigenvalue weighted by atomic mass is 10.0. The maximum absolute atomic E-state index is 12.6. The second-order valence-electron chi connectivity index (χ2n) is 6.86. The summed E-state index contributed by atoms with van der Waals surface area (Å²) in [6.07, 6.45) is 0.554. The molecule has 1 heterocycles. The summed E-state index contributed by atoms with van der Waals surface area (Å²) in [5.74, 6) is 0.790. The average Bonchev–Trinajstić information content (AvgIpc) is 3.12. The number of sulfonamides is 1. The van der Waals surface area contributed by atoms with Crippen LogP contribution in [0.25, 0.3) is 22.2 Å². The zero-order chi connectivity index (χ0) is 21.1. The van der Waals surface area contributed by atoms with Crippen LogP contribution in [0.2, 0.25) is 0 Å². The Morgan fingerprint density at radius 3 is 2.50 bits per heavy atom. The average molecular weight is 485 g/mol. The highest BCUT2D eigenvalue weighted by Crippen LogP contribution is 2.31. The first-order valence-electron chi connectivity index (χ1n) is 9.47. The van der Waals surface area contributed by atoms with Gasteiger partial charge < -0.3 is 9.72 Å². The Hall–Kier alpha value is -2.61. The zero-order valence-electron chi connectivity index (χ0n) is 16.4. The van der Waals surface area contributed by atoms with Crippen LogP contribution in [0, 0.1) is 0 Å². The predicted octanol–water partition coefficient (Wildman–Crippen LogP) is 5.13. The number of methoxy groups -OCH3 is 1. The molecular weight excluding hydrogens is 464 g/mol. The topological polar surface area (TPSA) is 71.2 Å². The smallest absolute Gasteiger partial charge is 0.240 e. The van der Waals surface area contributed by atoms with Crippen molar-refractivity contribution in [3.05, 3.63) is 82.8 Å². The number of nitrogens with one attached hydrogen (secondary N) is 2. The Bertz CT molecular complexity index is 1280. The maximum Gasteiger partial charge on any atom is 0.240 e. The number of hydrogen-bond donors (Lipinski definition) is 2. The summed E-state index contributed by atoms with van der Waals surface area (Å²) in [5.41, 5.74) is 4.11. The van der Waals surface area contributed by atoms with Crippen LogP contribution in [-0.2, 0) is 16.4 Å². The number of para-hydroxylation sites is 1. The van der Waals surface area contributed by atoms with Crippen LogP contribution in [0.15, 0.2) is 82.2 Å². The van der Waals surface area contributed by atoms with E-state index in [1.807, 2.05) is 42.5 Å². The molecule has 7 heteroatoms. The van der Waals surface area contributed by atoms with E-state index in [0.717, 1.165) is 37.9 Å². The first kappa shape index (κ1) is 20.7. The van der Waals surface area contributed by atoms with E-state index in [1.54, 1.807) is 31.4 Å². The van der Waals surface area contributed by atoms with E-state index in [1.165, 1.54) is 0 Å². The molecule has 0 bridgehead atoms. The van der Waals surface area contributed by atoms with Crippen molar-refractivity contribution in [2.75, 3.05) is 13.7 Å². The van der Waals surface area contributed by atoms with Gasteiger partial charge in [-0.15, -0.1) is 0 Å². The molecule has 0 atom stereocenters. The minimum atomic E-state index is -3.58. The van der Waals surface area contributed by atoms with Gasteiger partial charge in [0.2, 0.25) is 10.0 Å². The Balaban J connectivity index is 1.62. The molecule has 0 saturated carbocycles. The summed E-state index contributed by atoms with van der Waals surface area (Å²) in [6, 6.07) is 22.6. The number of aromatic nitrogens is 1. The lowest BCUT2D eigenvalue weighted by Crippen LogP contribution is -2.26. The first-order chi connectivity index (χ1) is 14.5. The second kappa shape index (κ2) is 8.63. The fourth-order valence-electron chi connectivity index (χ4n) is 3.49. The Kier molecular flexibility index (Phi) is 5.94. The molecule has 0 amide bonds. The minimum absolute atomic E-state index is 0.242. The van der Waals surface area contributed by atoms with Crippen molar-refractivity contribution in [2.45, 2.75) is 11.3 Å². The molecule has 4 aromatic rings. The molecule has 0 aliphatic heterocycles. The minimum Gasteiger partial charge on any atom is -0.497 e. The van der Waals surface area contributed by atoms with Gasteiger partial charge in [-0.3, -0.25) is 0 Å².